The van der Waals surface area contributed by atoms with Crippen molar-refractivity contribution in [1.82, 2.24) is 4.98 Å². The number of hydrogen-bond acceptors (Lipinski definition) is 4. The van der Waals surface area contributed by atoms with Gasteiger partial charge in [-0.25, -0.2) is 4.98 Å². The summed E-state index contributed by atoms with van der Waals surface area (Å²) < 4.78 is 4.80. The van der Waals surface area contributed by atoms with Crippen LogP contribution in [0.4, 0.5) is 6.01 Å². The largest absolute Gasteiger partial charge is 0.481 e. The van der Waals surface area contributed by atoms with Crippen LogP contribution in [0.25, 0.3) is 0 Å². The van der Waals surface area contributed by atoms with E-state index in [1.54, 1.807) is 0 Å². The van der Waals surface area contributed by atoms with Crippen molar-refractivity contribution in [3.8, 4) is 0 Å². The zero-order valence-corrected chi connectivity index (χ0v) is 5.78. The number of anilines is 1. The topological polar surface area (TPSA) is 75.4 Å². The molecule has 60 valence electrons. The number of oxazole rings is 1. The second kappa shape index (κ2) is 3.60. The predicted molar refractivity (Wildman–Crippen MR) is 37.2 cm³/mol. The maximum atomic E-state index is 10.0. The highest BCUT2D eigenvalue weighted by molar-refractivity contribution is 5.67. The van der Waals surface area contributed by atoms with Crippen molar-refractivity contribution >= 4 is 12.0 Å². The summed E-state index contributed by atoms with van der Waals surface area (Å²) in [6.07, 6.45) is 2.97. The van der Waals surface area contributed by atoms with Gasteiger partial charge in [0.1, 0.15) is 6.26 Å². The van der Waals surface area contributed by atoms with Crippen molar-refractivity contribution in [3.05, 3.63) is 12.5 Å². The number of aromatic nitrogens is 1. The van der Waals surface area contributed by atoms with Gasteiger partial charge in [0.05, 0.1) is 12.6 Å². The molecule has 0 saturated carbocycles. The molecule has 5 nitrogen and oxygen atoms in total. The van der Waals surface area contributed by atoms with Crippen LogP contribution in [0, 0.1) is 0 Å². The molecular formula is C6H8N2O3. The number of carbonyl (C=O) groups is 1. The van der Waals surface area contributed by atoms with Crippen molar-refractivity contribution in [2.24, 2.45) is 0 Å². The molecule has 1 aromatic rings. The number of hydrogen-bond donors (Lipinski definition) is 2. The summed E-state index contributed by atoms with van der Waals surface area (Å²) in [5, 5.41) is 10.9. The van der Waals surface area contributed by atoms with E-state index in [-0.39, 0.29) is 6.42 Å². The van der Waals surface area contributed by atoms with Crippen molar-refractivity contribution in [3.63, 3.8) is 0 Å². The molecule has 0 spiro atoms. The Hall–Kier alpha value is -1.52. The molecule has 0 aliphatic rings. The van der Waals surface area contributed by atoms with Gasteiger partial charge in [-0.05, 0) is 0 Å². The first-order valence-electron chi connectivity index (χ1n) is 3.14. The van der Waals surface area contributed by atoms with Gasteiger partial charge in [0, 0.05) is 6.54 Å². The summed E-state index contributed by atoms with van der Waals surface area (Å²) in [6, 6.07) is 0.353. The van der Waals surface area contributed by atoms with Crippen LogP contribution in [0.1, 0.15) is 6.42 Å². The summed E-state index contributed by atoms with van der Waals surface area (Å²) in [5.41, 5.74) is 0. The van der Waals surface area contributed by atoms with E-state index in [2.05, 4.69) is 10.3 Å². The molecule has 0 bridgehead atoms. The van der Waals surface area contributed by atoms with Crippen LogP contribution in [-0.4, -0.2) is 22.6 Å². The number of nitrogens with zero attached hydrogens (tertiary/aromatic N) is 1. The Bertz CT molecular complexity index is 220. The van der Waals surface area contributed by atoms with Gasteiger partial charge in [0.2, 0.25) is 0 Å². The first-order valence-corrected chi connectivity index (χ1v) is 3.14. The SMILES string of the molecule is O=C(O)CCNc1ncco1. The molecule has 0 fully saturated rings. The van der Waals surface area contributed by atoms with Crippen LogP contribution in [-0.2, 0) is 4.79 Å². The molecule has 0 radical (unpaired) electrons. The monoisotopic (exact) mass is 156 g/mol. The predicted octanol–water partition coefficient (Wildman–Crippen LogP) is 0.561. The fraction of sp³-hybridized carbons (Fsp3) is 0.333. The fourth-order valence-corrected chi connectivity index (χ4v) is 0.587. The Morgan fingerprint density at radius 3 is 3.18 bits per heavy atom. The average Bonchev–Trinajstić information content (AvgIpc) is 2.39. The normalized spacial score (nSPS) is 9.45. The Balaban J connectivity index is 2.19. The van der Waals surface area contributed by atoms with Gasteiger partial charge in [-0.1, -0.05) is 0 Å². The van der Waals surface area contributed by atoms with Gasteiger partial charge in [-0.2, -0.15) is 0 Å². The van der Waals surface area contributed by atoms with Crippen molar-refractivity contribution < 1.29 is 14.3 Å². The van der Waals surface area contributed by atoms with Gasteiger partial charge < -0.3 is 14.8 Å². The smallest absolute Gasteiger partial charge is 0.305 e. The highest BCUT2D eigenvalue weighted by Crippen LogP contribution is 1.99. The molecule has 1 heterocycles. The van der Waals surface area contributed by atoms with Crippen molar-refractivity contribution in [1.29, 1.82) is 0 Å². The van der Waals surface area contributed by atoms with Crippen LogP contribution < -0.4 is 5.32 Å². The number of rotatable bonds is 4. The van der Waals surface area contributed by atoms with E-state index in [0.29, 0.717) is 12.6 Å². The highest BCUT2D eigenvalue weighted by atomic mass is 16.4. The van der Waals surface area contributed by atoms with E-state index in [1.807, 2.05) is 0 Å². The lowest BCUT2D eigenvalue weighted by Gasteiger charge is -1.96. The summed E-state index contributed by atoms with van der Waals surface area (Å²) in [7, 11) is 0. The van der Waals surface area contributed by atoms with E-state index < -0.39 is 5.97 Å². The summed E-state index contributed by atoms with van der Waals surface area (Å²) in [4.78, 5) is 13.8. The van der Waals surface area contributed by atoms with Gasteiger partial charge in [-0.15, -0.1) is 0 Å². The van der Waals surface area contributed by atoms with Crippen molar-refractivity contribution in [2.75, 3.05) is 11.9 Å². The van der Waals surface area contributed by atoms with Crippen molar-refractivity contribution in [2.45, 2.75) is 6.42 Å². The van der Waals surface area contributed by atoms with Gasteiger partial charge in [0.15, 0.2) is 0 Å². The summed E-state index contributed by atoms with van der Waals surface area (Å²) in [6.45, 7) is 0.329. The third-order valence-corrected chi connectivity index (χ3v) is 1.05. The second-order valence-electron chi connectivity index (χ2n) is 1.91. The molecule has 1 rings (SSSR count). The lowest BCUT2D eigenvalue weighted by Crippen LogP contribution is -2.07. The lowest BCUT2D eigenvalue weighted by atomic mass is 10.4. The minimum Gasteiger partial charge on any atom is -0.481 e. The average molecular weight is 156 g/mol. The molecule has 0 aliphatic heterocycles. The summed E-state index contributed by atoms with van der Waals surface area (Å²) in [5.74, 6) is -0.843. The van der Waals surface area contributed by atoms with E-state index >= 15 is 0 Å². The number of carboxylic acid groups (broad SMARTS) is 1. The fourth-order valence-electron chi connectivity index (χ4n) is 0.587. The number of nitrogens with one attached hydrogen (secondary N) is 1. The Morgan fingerprint density at radius 2 is 2.64 bits per heavy atom. The van der Waals surface area contributed by atoms with E-state index in [0.717, 1.165) is 0 Å². The molecule has 11 heavy (non-hydrogen) atoms. The first kappa shape index (κ1) is 7.59. The Morgan fingerprint density at radius 1 is 1.82 bits per heavy atom. The summed E-state index contributed by atoms with van der Waals surface area (Å²) >= 11 is 0. The minimum absolute atomic E-state index is 0.0579. The van der Waals surface area contributed by atoms with Gasteiger partial charge >= 0.3 is 5.97 Å². The van der Waals surface area contributed by atoms with E-state index in [1.165, 1.54) is 12.5 Å². The Kier molecular flexibility index (Phi) is 2.48. The molecule has 0 aliphatic carbocycles. The second-order valence-corrected chi connectivity index (χ2v) is 1.91. The zero-order chi connectivity index (χ0) is 8.10. The minimum atomic E-state index is -0.843. The molecule has 0 aromatic carbocycles. The molecule has 2 N–H and O–H groups in total. The van der Waals surface area contributed by atoms with Crippen LogP contribution in [0.3, 0.4) is 0 Å². The zero-order valence-electron chi connectivity index (χ0n) is 5.78. The molecular weight excluding hydrogens is 148 g/mol. The molecule has 0 atom stereocenters. The van der Waals surface area contributed by atoms with Crippen LogP contribution in [0.5, 0.6) is 0 Å². The van der Waals surface area contributed by atoms with E-state index in [4.69, 9.17) is 9.52 Å². The van der Waals surface area contributed by atoms with Gasteiger partial charge in [-0.3, -0.25) is 4.79 Å². The standard InChI is InChI=1S/C6H8N2O3/c9-5(10)1-2-7-6-8-3-4-11-6/h3-4H,1-2H2,(H,7,8)(H,9,10). The quantitative estimate of drug-likeness (QED) is 0.666. The maximum absolute atomic E-state index is 10.0. The first-order chi connectivity index (χ1) is 5.29. The van der Waals surface area contributed by atoms with E-state index in [9.17, 15) is 4.79 Å². The molecule has 0 amide bonds. The van der Waals surface area contributed by atoms with Gasteiger partial charge in [0.25, 0.3) is 6.01 Å². The number of aliphatic carboxylic acids is 1. The molecule has 0 unspecified atom stereocenters. The lowest BCUT2D eigenvalue weighted by molar-refractivity contribution is -0.136. The molecule has 1 aromatic heterocycles. The third kappa shape index (κ3) is 2.70. The Labute approximate surface area is 63.0 Å². The number of carboxylic acids is 1. The molecule has 0 saturated heterocycles. The third-order valence-electron chi connectivity index (χ3n) is 1.05. The maximum Gasteiger partial charge on any atom is 0.305 e. The van der Waals surface area contributed by atoms with Crippen LogP contribution in [0.15, 0.2) is 16.9 Å². The van der Waals surface area contributed by atoms with Crippen LogP contribution in [0.2, 0.25) is 0 Å². The molecule has 5 heteroatoms. The van der Waals surface area contributed by atoms with Crippen LogP contribution >= 0.6 is 0 Å². The highest BCUT2D eigenvalue weighted by Gasteiger charge is 1.97.